The molecule has 4 nitrogen and oxygen atoms in total. The van der Waals surface area contributed by atoms with Crippen LogP contribution in [0.15, 0.2) is 22.8 Å². The third-order valence-corrected chi connectivity index (χ3v) is 2.36. The molecule has 0 saturated heterocycles. The van der Waals surface area contributed by atoms with Crippen LogP contribution in [-0.4, -0.2) is 23.0 Å². The fraction of sp³-hybridized carbons (Fsp3) is 0.500. The monoisotopic (exact) mass is 299 g/mol. The van der Waals surface area contributed by atoms with Crippen LogP contribution < -0.4 is 10.6 Å². The number of rotatable bonds is 4. The summed E-state index contributed by atoms with van der Waals surface area (Å²) in [7, 11) is 0. The van der Waals surface area contributed by atoms with Gasteiger partial charge in [0.05, 0.1) is 12.2 Å². The molecule has 0 aliphatic heterocycles. The molecule has 17 heavy (non-hydrogen) atoms. The molecular weight excluding hydrogens is 282 g/mol. The second-order valence-corrected chi connectivity index (χ2v) is 5.79. The molecule has 0 atom stereocenters. The Bertz CT molecular complexity index is 370. The number of pyridine rings is 1. The minimum Gasteiger partial charge on any atom is -0.350 e. The van der Waals surface area contributed by atoms with E-state index in [2.05, 4.69) is 31.5 Å². The van der Waals surface area contributed by atoms with E-state index in [4.69, 9.17) is 0 Å². The fourth-order valence-electron chi connectivity index (χ4n) is 1.28. The molecule has 0 aliphatic rings. The Morgan fingerprint density at radius 2 is 2.12 bits per heavy atom. The third kappa shape index (κ3) is 6.38. The van der Waals surface area contributed by atoms with Crippen LogP contribution >= 0.6 is 15.9 Å². The molecule has 0 saturated carbocycles. The van der Waals surface area contributed by atoms with E-state index < -0.39 is 0 Å². The summed E-state index contributed by atoms with van der Waals surface area (Å²) < 4.78 is 0.951. The van der Waals surface area contributed by atoms with E-state index in [0.29, 0.717) is 13.1 Å². The smallest absolute Gasteiger partial charge is 0.234 e. The summed E-state index contributed by atoms with van der Waals surface area (Å²) in [5, 5.41) is 5.94. The van der Waals surface area contributed by atoms with Gasteiger partial charge in [-0.3, -0.25) is 9.78 Å². The van der Waals surface area contributed by atoms with Crippen molar-refractivity contribution in [3.8, 4) is 0 Å². The highest BCUT2D eigenvalue weighted by Gasteiger charge is 2.12. The molecule has 0 aromatic carbocycles. The first-order valence-corrected chi connectivity index (χ1v) is 6.28. The van der Waals surface area contributed by atoms with E-state index in [0.717, 1.165) is 10.2 Å². The minimum atomic E-state index is -0.186. The first kappa shape index (κ1) is 14.1. The number of aromatic nitrogens is 1. The molecular formula is C12H18BrN3O. The van der Waals surface area contributed by atoms with Gasteiger partial charge in [-0.1, -0.05) is 0 Å². The fourth-order valence-corrected chi connectivity index (χ4v) is 1.51. The van der Waals surface area contributed by atoms with Crippen molar-refractivity contribution in [1.29, 1.82) is 0 Å². The molecule has 2 N–H and O–H groups in total. The molecule has 0 bridgehead atoms. The van der Waals surface area contributed by atoms with Gasteiger partial charge in [-0.2, -0.15) is 0 Å². The van der Waals surface area contributed by atoms with Crippen LogP contribution in [0.3, 0.4) is 0 Å². The summed E-state index contributed by atoms with van der Waals surface area (Å²) in [6.45, 7) is 6.77. The van der Waals surface area contributed by atoms with Gasteiger partial charge in [-0.15, -0.1) is 0 Å². The Kier molecular flexibility index (Phi) is 5.08. The SMILES string of the molecule is CC(C)(C)NC(=O)CNCc1ccc(Br)cn1. The zero-order valence-corrected chi connectivity index (χ0v) is 12.0. The Balaban J connectivity index is 2.28. The predicted molar refractivity (Wildman–Crippen MR) is 71.5 cm³/mol. The molecule has 94 valence electrons. The first-order chi connectivity index (χ1) is 7.87. The molecule has 0 radical (unpaired) electrons. The van der Waals surface area contributed by atoms with Gasteiger partial charge in [0.25, 0.3) is 0 Å². The summed E-state index contributed by atoms with van der Waals surface area (Å²) in [6, 6.07) is 3.85. The number of nitrogens with zero attached hydrogens (tertiary/aromatic N) is 1. The highest BCUT2D eigenvalue weighted by atomic mass is 79.9. The Morgan fingerprint density at radius 3 is 2.65 bits per heavy atom. The lowest BCUT2D eigenvalue weighted by atomic mass is 10.1. The molecule has 1 amide bonds. The largest absolute Gasteiger partial charge is 0.350 e. The maximum Gasteiger partial charge on any atom is 0.234 e. The first-order valence-electron chi connectivity index (χ1n) is 5.49. The van der Waals surface area contributed by atoms with Crippen molar-refractivity contribution >= 4 is 21.8 Å². The average molecular weight is 300 g/mol. The molecule has 1 rings (SSSR count). The van der Waals surface area contributed by atoms with Crippen LogP contribution in [0.1, 0.15) is 26.5 Å². The lowest BCUT2D eigenvalue weighted by Gasteiger charge is -2.20. The number of carbonyl (C=O) groups is 1. The van der Waals surface area contributed by atoms with Gasteiger partial charge in [-0.25, -0.2) is 0 Å². The summed E-state index contributed by atoms with van der Waals surface area (Å²) >= 11 is 3.32. The number of nitrogens with one attached hydrogen (secondary N) is 2. The summed E-state index contributed by atoms with van der Waals surface area (Å²) in [6.07, 6.45) is 1.74. The predicted octanol–water partition coefficient (Wildman–Crippen LogP) is 1.85. The Hall–Kier alpha value is -0.940. The molecule has 0 unspecified atom stereocenters. The van der Waals surface area contributed by atoms with Crippen molar-refractivity contribution in [2.45, 2.75) is 32.9 Å². The van der Waals surface area contributed by atoms with Crippen molar-refractivity contribution in [3.63, 3.8) is 0 Å². The van der Waals surface area contributed by atoms with Crippen molar-refractivity contribution in [2.24, 2.45) is 0 Å². The lowest BCUT2D eigenvalue weighted by Crippen LogP contribution is -2.44. The standard InChI is InChI=1S/C12H18BrN3O/c1-12(2,3)16-11(17)8-14-7-10-5-4-9(13)6-15-10/h4-6,14H,7-8H2,1-3H3,(H,16,17). The molecule has 1 aromatic heterocycles. The van der Waals surface area contributed by atoms with Gasteiger partial charge in [-0.05, 0) is 48.8 Å². The van der Waals surface area contributed by atoms with Crippen LogP contribution in [0.5, 0.6) is 0 Å². The van der Waals surface area contributed by atoms with E-state index in [-0.39, 0.29) is 11.4 Å². The van der Waals surface area contributed by atoms with Gasteiger partial charge in [0.2, 0.25) is 5.91 Å². The van der Waals surface area contributed by atoms with Gasteiger partial charge in [0.1, 0.15) is 0 Å². The van der Waals surface area contributed by atoms with Crippen LogP contribution in [-0.2, 0) is 11.3 Å². The van der Waals surface area contributed by atoms with Gasteiger partial charge < -0.3 is 10.6 Å². The minimum absolute atomic E-state index is 0.00499. The van der Waals surface area contributed by atoms with Crippen molar-refractivity contribution in [3.05, 3.63) is 28.5 Å². The molecule has 5 heteroatoms. The number of hydrogen-bond acceptors (Lipinski definition) is 3. The van der Waals surface area contributed by atoms with E-state index >= 15 is 0 Å². The maximum atomic E-state index is 11.5. The molecule has 1 aromatic rings. The van der Waals surface area contributed by atoms with Crippen LogP contribution in [0.2, 0.25) is 0 Å². The van der Waals surface area contributed by atoms with Gasteiger partial charge in [0, 0.05) is 22.8 Å². The zero-order valence-electron chi connectivity index (χ0n) is 10.4. The molecule has 1 heterocycles. The van der Waals surface area contributed by atoms with E-state index in [1.165, 1.54) is 0 Å². The molecule has 0 spiro atoms. The number of halogens is 1. The number of carbonyl (C=O) groups excluding carboxylic acids is 1. The topological polar surface area (TPSA) is 54.0 Å². The number of amides is 1. The Morgan fingerprint density at radius 1 is 1.41 bits per heavy atom. The number of hydrogen-bond donors (Lipinski definition) is 2. The normalized spacial score (nSPS) is 11.3. The average Bonchev–Trinajstić information content (AvgIpc) is 2.18. The van der Waals surface area contributed by atoms with Crippen LogP contribution in [0.25, 0.3) is 0 Å². The summed E-state index contributed by atoms with van der Waals surface area (Å²) in [4.78, 5) is 15.7. The van der Waals surface area contributed by atoms with Crippen LogP contribution in [0.4, 0.5) is 0 Å². The molecule has 0 aliphatic carbocycles. The van der Waals surface area contributed by atoms with E-state index in [1.54, 1.807) is 6.20 Å². The van der Waals surface area contributed by atoms with Crippen molar-refractivity contribution in [1.82, 2.24) is 15.6 Å². The second kappa shape index (κ2) is 6.12. The van der Waals surface area contributed by atoms with E-state index in [9.17, 15) is 4.79 Å². The van der Waals surface area contributed by atoms with E-state index in [1.807, 2.05) is 32.9 Å². The molecule has 0 fully saturated rings. The zero-order chi connectivity index (χ0) is 12.9. The van der Waals surface area contributed by atoms with Crippen molar-refractivity contribution < 1.29 is 4.79 Å². The lowest BCUT2D eigenvalue weighted by molar-refractivity contribution is -0.121. The van der Waals surface area contributed by atoms with Gasteiger partial charge in [0.15, 0.2) is 0 Å². The quantitative estimate of drug-likeness (QED) is 0.892. The van der Waals surface area contributed by atoms with Crippen molar-refractivity contribution in [2.75, 3.05) is 6.54 Å². The highest BCUT2D eigenvalue weighted by molar-refractivity contribution is 9.10. The summed E-state index contributed by atoms with van der Waals surface area (Å²) in [5.74, 6) is -0.00499. The van der Waals surface area contributed by atoms with Crippen LogP contribution in [0, 0.1) is 0 Å². The third-order valence-electron chi connectivity index (χ3n) is 1.89. The Labute approximate surface area is 110 Å². The van der Waals surface area contributed by atoms with Gasteiger partial charge >= 0.3 is 0 Å². The summed E-state index contributed by atoms with van der Waals surface area (Å²) in [5.41, 5.74) is 0.728. The maximum absolute atomic E-state index is 11.5. The highest BCUT2D eigenvalue weighted by Crippen LogP contribution is 2.06. The second-order valence-electron chi connectivity index (χ2n) is 4.87.